The van der Waals surface area contributed by atoms with Crippen LogP contribution in [0.5, 0.6) is 0 Å². The molecule has 0 fully saturated rings. The zero-order valence-electron chi connectivity index (χ0n) is 12.6. The number of nitrogens with zero attached hydrogens (tertiary/aromatic N) is 3. The number of H-pyrrole nitrogens is 1. The van der Waals surface area contributed by atoms with E-state index < -0.39 is 11.5 Å². The standard InChI is InChI=1S/C16H10ClN5O3/c17-10-5-3-9(4-6-10)14-20-16-19-13(23)8-12(22(16)21-14)18-15(24)11-2-1-7-25-11/h1-8H,(H,18,24)(H,19,20,21,23). The lowest BCUT2D eigenvalue weighted by atomic mass is 10.2. The van der Waals surface area contributed by atoms with E-state index in [1.807, 2.05) is 0 Å². The van der Waals surface area contributed by atoms with Crippen LogP contribution in [0.2, 0.25) is 5.02 Å². The summed E-state index contributed by atoms with van der Waals surface area (Å²) >= 11 is 5.88. The highest BCUT2D eigenvalue weighted by molar-refractivity contribution is 6.30. The van der Waals surface area contributed by atoms with Crippen molar-refractivity contribution in [1.29, 1.82) is 0 Å². The number of hydrogen-bond donors (Lipinski definition) is 2. The van der Waals surface area contributed by atoms with Crippen molar-refractivity contribution < 1.29 is 9.21 Å². The number of carbonyl (C=O) groups is 1. The van der Waals surface area contributed by atoms with Gasteiger partial charge in [-0.3, -0.25) is 14.6 Å². The first-order valence-corrected chi connectivity index (χ1v) is 7.59. The topological polar surface area (TPSA) is 105 Å². The van der Waals surface area contributed by atoms with Crippen molar-refractivity contribution in [1.82, 2.24) is 19.6 Å². The highest BCUT2D eigenvalue weighted by Gasteiger charge is 2.15. The maximum atomic E-state index is 12.2. The van der Waals surface area contributed by atoms with Crippen LogP contribution in [0.3, 0.4) is 0 Å². The number of amides is 1. The molecule has 0 spiro atoms. The Morgan fingerprint density at radius 3 is 2.76 bits per heavy atom. The van der Waals surface area contributed by atoms with Crippen molar-refractivity contribution in [3.05, 3.63) is 69.9 Å². The van der Waals surface area contributed by atoms with Gasteiger partial charge >= 0.3 is 0 Å². The molecule has 0 bridgehead atoms. The van der Waals surface area contributed by atoms with E-state index in [9.17, 15) is 9.59 Å². The van der Waals surface area contributed by atoms with Gasteiger partial charge in [0.1, 0.15) is 5.82 Å². The molecule has 0 radical (unpaired) electrons. The summed E-state index contributed by atoms with van der Waals surface area (Å²) in [5, 5.41) is 7.51. The summed E-state index contributed by atoms with van der Waals surface area (Å²) in [5.74, 6) is 0.374. The molecule has 0 aliphatic carbocycles. The minimum absolute atomic E-state index is 0.117. The molecule has 0 unspecified atom stereocenters. The molecule has 3 heterocycles. The van der Waals surface area contributed by atoms with Gasteiger partial charge in [0.15, 0.2) is 11.6 Å². The Kier molecular flexibility index (Phi) is 3.58. The summed E-state index contributed by atoms with van der Waals surface area (Å²) in [7, 11) is 0. The lowest BCUT2D eigenvalue weighted by Gasteiger charge is -2.04. The minimum atomic E-state index is -0.500. The van der Waals surface area contributed by atoms with Crippen molar-refractivity contribution in [3.8, 4) is 11.4 Å². The van der Waals surface area contributed by atoms with E-state index in [1.165, 1.54) is 22.9 Å². The number of halogens is 1. The Balaban J connectivity index is 1.78. The Bertz CT molecular complexity index is 1110. The lowest BCUT2D eigenvalue weighted by molar-refractivity contribution is 0.0996. The average molecular weight is 356 g/mol. The van der Waals surface area contributed by atoms with E-state index >= 15 is 0 Å². The second kappa shape index (κ2) is 5.91. The zero-order chi connectivity index (χ0) is 17.4. The Morgan fingerprint density at radius 2 is 2.04 bits per heavy atom. The number of aromatic nitrogens is 4. The number of anilines is 1. The van der Waals surface area contributed by atoms with Crippen LogP contribution < -0.4 is 10.9 Å². The van der Waals surface area contributed by atoms with Crippen LogP contribution in [-0.2, 0) is 0 Å². The molecule has 0 saturated carbocycles. The van der Waals surface area contributed by atoms with Gasteiger partial charge in [-0.05, 0) is 36.4 Å². The molecule has 0 atom stereocenters. The van der Waals surface area contributed by atoms with Crippen LogP contribution in [0.4, 0.5) is 5.82 Å². The number of carbonyl (C=O) groups excluding carboxylic acids is 1. The highest BCUT2D eigenvalue weighted by Crippen LogP contribution is 2.19. The molecule has 124 valence electrons. The molecule has 3 aromatic heterocycles. The fraction of sp³-hybridized carbons (Fsp3) is 0. The fourth-order valence-corrected chi connectivity index (χ4v) is 2.41. The predicted octanol–water partition coefficient (Wildman–Crippen LogP) is 2.58. The number of rotatable bonds is 3. The maximum absolute atomic E-state index is 12.2. The van der Waals surface area contributed by atoms with Gasteiger partial charge in [-0.2, -0.15) is 9.50 Å². The molecule has 0 aliphatic heterocycles. The summed E-state index contributed by atoms with van der Waals surface area (Å²) in [6.07, 6.45) is 1.39. The summed E-state index contributed by atoms with van der Waals surface area (Å²) in [4.78, 5) is 30.8. The van der Waals surface area contributed by atoms with E-state index in [0.717, 1.165) is 5.56 Å². The predicted molar refractivity (Wildman–Crippen MR) is 90.7 cm³/mol. The molecule has 2 N–H and O–H groups in total. The third-order valence-corrected chi connectivity index (χ3v) is 3.68. The van der Waals surface area contributed by atoms with E-state index in [2.05, 4.69) is 20.4 Å². The van der Waals surface area contributed by atoms with Crippen LogP contribution >= 0.6 is 11.6 Å². The van der Waals surface area contributed by atoms with Gasteiger partial charge in [-0.15, -0.1) is 5.10 Å². The number of fused-ring (bicyclic) bond motifs is 1. The molecule has 0 saturated heterocycles. The van der Waals surface area contributed by atoms with Crippen molar-refractivity contribution in [3.63, 3.8) is 0 Å². The normalized spacial score (nSPS) is 10.9. The summed E-state index contributed by atoms with van der Waals surface area (Å²) in [5.41, 5.74) is 0.301. The third kappa shape index (κ3) is 2.90. The van der Waals surface area contributed by atoms with Crippen molar-refractivity contribution in [2.75, 3.05) is 5.32 Å². The van der Waals surface area contributed by atoms with Crippen molar-refractivity contribution >= 4 is 29.1 Å². The quantitative estimate of drug-likeness (QED) is 0.587. The van der Waals surface area contributed by atoms with Crippen LogP contribution in [0.25, 0.3) is 17.2 Å². The summed E-state index contributed by atoms with van der Waals surface area (Å²) in [6.45, 7) is 0. The average Bonchev–Trinajstić information content (AvgIpc) is 3.24. The first kappa shape index (κ1) is 15.2. The zero-order valence-corrected chi connectivity index (χ0v) is 13.3. The smallest absolute Gasteiger partial charge is 0.292 e. The van der Waals surface area contributed by atoms with E-state index in [0.29, 0.717) is 10.8 Å². The van der Waals surface area contributed by atoms with Gasteiger partial charge in [-0.1, -0.05) is 11.6 Å². The summed E-state index contributed by atoms with van der Waals surface area (Å²) in [6, 6.07) is 11.3. The van der Waals surface area contributed by atoms with Gasteiger partial charge in [0.05, 0.1) is 6.26 Å². The molecule has 4 rings (SSSR count). The molecule has 9 heteroatoms. The SMILES string of the molecule is O=C(Nc1cc(=O)[nH]c2nc(-c3ccc(Cl)cc3)nn12)c1ccco1. The molecule has 1 aromatic carbocycles. The van der Waals surface area contributed by atoms with Crippen molar-refractivity contribution in [2.45, 2.75) is 0 Å². The second-order valence-corrected chi connectivity index (χ2v) is 5.56. The summed E-state index contributed by atoms with van der Waals surface area (Å²) < 4.78 is 6.38. The van der Waals surface area contributed by atoms with E-state index in [1.54, 1.807) is 30.3 Å². The number of furan rings is 1. The fourth-order valence-electron chi connectivity index (χ4n) is 2.29. The molecule has 0 aliphatic rings. The maximum Gasteiger partial charge on any atom is 0.292 e. The molecule has 1 amide bonds. The van der Waals surface area contributed by atoms with Gasteiger partial charge < -0.3 is 9.73 Å². The lowest BCUT2D eigenvalue weighted by Crippen LogP contribution is -2.18. The largest absolute Gasteiger partial charge is 0.459 e. The number of hydrogen-bond acceptors (Lipinski definition) is 5. The van der Waals surface area contributed by atoms with Gasteiger partial charge in [0, 0.05) is 16.7 Å². The number of nitrogens with one attached hydrogen (secondary N) is 2. The molecular weight excluding hydrogens is 346 g/mol. The van der Waals surface area contributed by atoms with Crippen LogP contribution in [0.15, 0.2) is 57.9 Å². The second-order valence-electron chi connectivity index (χ2n) is 5.13. The monoisotopic (exact) mass is 355 g/mol. The van der Waals surface area contributed by atoms with Gasteiger partial charge in [0.2, 0.25) is 5.78 Å². The van der Waals surface area contributed by atoms with Crippen LogP contribution in [0, 0.1) is 0 Å². The van der Waals surface area contributed by atoms with Crippen LogP contribution in [0.1, 0.15) is 10.6 Å². The van der Waals surface area contributed by atoms with Gasteiger partial charge in [-0.25, -0.2) is 0 Å². The van der Waals surface area contributed by atoms with Gasteiger partial charge in [0.25, 0.3) is 11.5 Å². The van der Waals surface area contributed by atoms with Crippen LogP contribution in [-0.4, -0.2) is 25.5 Å². The number of aromatic amines is 1. The Morgan fingerprint density at radius 1 is 1.24 bits per heavy atom. The highest BCUT2D eigenvalue weighted by atomic mass is 35.5. The molecule has 8 nitrogen and oxygen atoms in total. The first-order chi connectivity index (χ1) is 12.1. The molecular formula is C16H10ClN5O3. The Hall–Kier alpha value is -3.39. The number of benzene rings is 1. The molecule has 25 heavy (non-hydrogen) atoms. The Labute approximate surface area is 145 Å². The molecule has 4 aromatic rings. The minimum Gasteiger partial charge on any atom is -0.459 e. The van der Waals surface area contributed by atoms with Crippen molar-refractivity contribution in [2.24, 2.45) is 0 Å². The third-order valence-electron chi connectivity index (χ3n) is 3.43. The van der Waals surface area contributed by atoms with E-state index in [-0.39, 0.29) is 17.4 Å². The first-order valence-electron chi connectivity index (χ1n) is 7.21. The van der Waals surface area contributed by atoms with E-state index in [4.69, 9.17) is 16.0 Å².